The van der Waals surface area contributed by atoms with E-state index in [2.05, 4.69) is 0 Å². The van der Waals surface area contributed by atoms with Gasteiger partial charge in [-0.2, -0.15) is 0 Å². The van der Waals surface area contributed by atoms with E-state index < -0.39 is 20.6 Å². The molecule has 1 unspecified atom stereocenters. The summed E-state index contributed by atoms with van der Waals surface area (Å²) in [6.45, 7) is 11.3. The Kier molecular flexibility index (Phi) is 3.69. The summed E-state index contributed by atoms with van der Waals surface area (Å²) in [7, 11) is -1.33. The van der Waals surface area contributed by atoms with Crippen LogP contribution in [0.3, 0.4) is 0 Å². The van der Waals surface area contributed by atoms with Gasteiger partial charge in [-0.15, -0.1) is 0 Å². The topological polar surface area (TPSA) is 46.5 Å². The minimum atomic E-state index is -1.33. The van der Waals surface area contributed by atoms with Crippen molar-refractivity contribution in [2.45, 2.75) is 46.4 Å². The molecule has 0 aliphatic carbocycles. The number of rotatable bonds is 3. The Labute approximate surface area is 81.8 Å². The summed E-state index contributed by atoms with van der Waals surface area (Å²) in [6, 6.07) is 0. The van der Waals surface area contributed by atoms with Gasteiger partial charge in [0.05, 0.1) is 0 Å². The Morgan fingerprint density at radius 1 is 1.23 bits per heavy atom. The quantitative estimate of drug-likeness (QED) is 0.714. The van der Waals surface area contributed by atoms with Gasteiger partial charge in [-0.05, 0) is 20.0 Å². The third kappa shape index (κ3) is 2.81. The van der Waals surface area contributed by atoms with E-state index in [1.54, 1.807) is 6.92 Å². The lowest BCUT2D eigenvalue weighted by atomic mass is 9.78. The van der Waals surface area contributed by atoms with Crippen LogP contribution in [-0.2, 0) is 9.22 Å². The first-order valence-electron chi connectivity index (χ1n) is 4.52. The molecule has 4 heteroatoms. The fraction of sp³-hybridized carbons (Fsp3) is 0.889. The Balaban J connectivity index is 4.85. The first kappa shape index (κ1) is 12.6. The molecular formula is C9H20O3Si. The van der Waals surface area contributed by atoms with Gasteiger partial charge < -0.3 is 9.53 Å². The van der Waals surface area contributed by atoms with Crippen LogP contribution >= 0.6 is 0 Å². The molecule has 0 radical (unpaired) electrons. The van der Waals surface area contributed by atoms with Crippen molar-refractivity contribution >= 4 is 15.0 Å². The van der Waals surface area contributed by atoms with Crippen molar-refractivity contribution in [1.82, 2.24) is 0 Å². The van der Waals surface area contributed by atoms with E-state index in [4.69, 9.17) is 9.53 Å². The van der Waals surface area contributed by atoms with Crippen LogP contribution in [0.4, 0.5) is 0 Å². The molecule has 0 amide bonds. The van der Waals surface area contributed by atoms with Crippen LogP contribution in [0.2, 0.25) is 13.1 Å². The molecule has 3 nitrogen and oxygen atoms in total. The Morgan fingerprint density at radius 2 is 1.62 bits per heavy atom. The average Bonchev–Trinajstić information content (AvgIpc) is 1.82. The molecule has 0 saturated carbocycles. The largest absolute Gasteiger partial charge is 0.479 e. The first-order valence-corrected chi connectivity index (χ1v) is 7.30. The maximum absolute atomic E-state index is 11.1. The van der Waals surface area contributed by atoms with Gasteiger partial charge in [-0.25, -0.2) is 4.79 Å². The van der Waals surface area contributed by atoms with Gasteiger partial charge in [0.2, 0.25) is 0 Å². The number of hydrogen-bond donors (Lipinski definition) is 1. The third-order valence-corrected chi connectivity index (χ3v) is 3.25. The van der Waals surface area contributed by atoms with E-state index in [-0.39, 0.29) is 5.41 Å². The number of hydrogen-bond acceptors (Lipinski definition) is 2. The number of carboxylic acids is 1. The van der Waals surface area contributed by atoms with Gasteiger partial charge in [0.1, 0.15) is 0 Å². The molecule has 0 aliphatic rings. The molecule has 0 spiro atoms. The van der Waals surface area contributed by atoms with Crippen LogP contribution in [-0.4, -0.2) is 25.7 Å². The second kappa shape index (κ2) is 3.80. The molecule has 0 heterocycles. The van der Waals surface area contributed by atoms with Crippen LogP contribution in [0, 0.1) is 5.41 Å². The van der Waals surface area contributed by atoms with Crippen molar-refractivity contribution in [2.75, 3.05) is 0 Å². The minimum absolute atomic E-state index is 0.379. The predicted octanol–water partition coefficient (Wildman–Crippen LogP) is 1.88. The second-order valence-corrected chi connectivity index (χ2v) is 7.09. The van der Waals surface area contributed by atoms with Crippen molar-refractivity contribution < 1.29 is 14.3 Å². The lowest BCUT2D eigenvalue weighted by Gasteiger charge is -2.39. The van der Waals surface area contributed by atoms with Crippen LogP contribution in [0.1, 0.15) is 27.7 Å². The second-order valence-electron chi connectivity index (χ2n) is 4.76. The van der Waals surface area contributed by atoms with Gasteiger partial charge in [0, 0.05) is 5.41 Å². The van der Waals surface area contributed by atoms with E-state index in [1.165, 1.54) is 0 Å². The number of carbonyl (C=O) groups is 1. The lowest BCUT2D eigenvalue weighted by Crippen LogP contribution is -2.51. The summed E-state index contributed by atoms with van der Waals surface area (Å²) < 4.78 is 5.60. The van der Waals surface area contributed by atoms with Crippen LogP contribution in [0.25, 0.3) is 0 Å². The summed E-state index contributed by atoms with van der Waals surface area (Å²) in [5.41, 5.74) is -1.44. The molecule has 0 fully saturated rings. The molecule has 1 atom stereocenters. The van der Waals surface area contributed by atoms with E-state index >= 15 is 0 Å². The lowest BCUT2D eigenvalue weighted by molar-refractivity contribution is -0.164. The molecule has 78 valence electrons. The predicted molar refractivity (Wildman–Crippen MR) is 55.5 cm³/mol. The highest BCUT2D eigenvalue weighted by Crippen LogP contribution is 2.34. The van der Waals surface area contributed by atoms with Gasteiger partial charge in [-0.1, -0.05) is 20.8 Å². The summed E-state index contributed by atoms with van der Waals surface area (Å²) >= 11 is 0. The van der Waals surface area contributed by atoms with E-state index in [1.807, 2.05) is 33.9 Å². The highest BCUT2D eigenvalue weighted by Gasteiger charge is 2.45. The van der Waals surface area contributed by atoms with Gasteiger partial charge in [0.15, 0.2) is 14.6 Å². The van der Waals surface area contributed by atoms with Crippen LogP contribution in [0.15, 0.2) is 0 Å². The summed E-state index contributed by atoms with van der Waals surface area (Å²) in [5.74, 6) is -0.874. The Morgan fingerprint density at radius 3 is 1.69 bits per heavy atom. The molecule has 0 saturated heterocycles. The van der Waals surface area contributed by atoms with E-state index in [0.29, 0.717) is 0 Å². The van der Waals surface area contributed by atoms with E-state index in [9.17, 15) is 4.79 Å². The van der Waals surface area contributed by atoms with Crippen molar-refractivity contribution in [2.24, 2.45) is 5.41 Å². The highest BCUT2D eigenvalue weighted by atomic mass is 28.3. The first-order chi connectivity index (χ1) is 5.61. The maximum Gasteiger partial charge on any atom is 0.335 e. The zero-order valence-electron chi connectivity index (χ0n) is 9.34. The monoisotopic (exact) mass is 204 g/mol. The summed E-state index contributed by atoms with van der Waals surface area (Å²) in [4.78, 5) is 11.1. The smallest absolute Gasteiger partial charge is 0.335 e. The van der Waals surface area contributed by atoms with Crippen molar-refractivity contribution in [3.63, 3.8) is 0 Å². The normalized spacial score (nSPS) is 17.2. The standard InChI is InChI=1S/C9H20O3Si/c1-8(2,3)9(4,7(10)11)12-13(5)6/h13H,1-6H3,(H,10,11). The zero-order valence-corrected chi connectivity index (χ0v) is 10.5. The number of carboxylic acid groups (broad SMARTS) is 1. The maximum atomic E-state index is 11.1. The number of aliphatic carboxylic acids is 1. The van der Waals surface area contributed by atoms with Gasteiger partial charge in [-0.3, -0.25) is 0 Å². The molecule has 0 aromatic rings. The summed E-state index contributed by atoms with van der Waals surface area (Å²) in [6.07, 6.45) is 0. The van der Waals surface area contributed by atoms with Crippen molar-refractivity contribution in [3.8, 4) is 0 Å². The SMILES string of the molecule is C[SiH](C)OC(C)(C(=O)O)C(C)(C)C. The fourth-order valence-electron chi connectivity index (χ4n) is 1.02. The molecule has 1 N–H and O–H groups in total. The Bertz CT molecular complexity index is 196. The molecular weight excluding hydrogens is 184 g/mol. The van der Waals surface area contributed by atoms with Crippen LogP contribution < -0.4 is 0 Å². The van der Waals surface area contributed by atoms with Crippen LogP contribution in [0.5, 0.6) is 0 Å². The summed E-state index contributed by atoms with van der Waals surface area (Å²) in [5, 5.41) is 9.11. The molecule has 0 aliphatic heterocycles. The zero-order chi connectivity index (χ0) is 10.9. The highest BCUT2D eigenvalue weighted by molar-refractivity contribution is 6.48. The molecule has 0 aromatic carbocycles. The van der Waals surface area contributed by atoms with E-state index in [0.717, 1.165) is 0 Å². The molecule has 0 bridgehead atoms. The fourth-order valence-corrected chi connectivity index (χ4v) is 2.42. The molecule has 0 rings (SSSR count). The minimum Gasteiger partial charge on any atom is -0.479 e. The van der Waals surface area contributed by atoms with Crippen molar-refractivity contribution in [1.29, 1.82) is 0 Å². The molecule has 13 heavy (non-hydrogen) atoms. The van der Waals surface area contributed by atoms with Crippen molar-refractivity contribution in [3.05, 3.63) is 0 Å². The third-order valence-electron chi connectivity index (χ3n) is 2.31. The van der Waals surface area contributed by atoms with Gasteiger partial charge in [0.25, 0.3) is 0 Å². The van der Waals surface area contributed by atoms with Gasteiger partial charge >= 0.3 is 5.97 Å². The average molecular weight is 204 g/mol. The molecule has 0 aromatic heterocycles. The Hall–Kier alpha value is -0.353.